The molecular formula is C20H25N7OS. The number of fused-ring (bicyclic) bond motifs is 1. The Bertz CT molecular complexity index is 1010. The standard InChI is InChI=1S/C20H25N7OS/c1-13-17(28-12-23-13)18-24-25-19(26(18)3)29-6-4-5-27-10-15-7-20(15,11-27)16-8-21-14(2)22-9-16/h8-9,12,15H,4-7,10-11H2,1-3H3. The average molecular weight is 412 g/mol. The molecular weight excluding hydrogens is 386 g/mol. The minimum Gasteiger partial charge on any atom is -0.440 e. The van der Waals surface area contributed by atoms with Gasteiger partial charge in [-0.05, 0) is 44.7 Å². The molecule has 0 bridgehead atoms. The van der Waals surface area contributed by atoms with Crippen LogP contribution in [0.2, 0.25) is 0 Å². The first-order chi connectivity index (χ1) is 14.1. The highest BCUT2D eigenvalue weighted by Crippen LogP contribution is 2.58. The van der Waals surface area contributed by atoms with Gasteiger partial charge in [0.05, 0.1) is 5.69 Å². The summed E-state index contributed by atoms with van der Waals surface area (Å²) in [5, 5.41) is 9.51. The molecule has 0 aromatic carbocycles. The van der Waals surface area contributed by atoms with E-state index in [0.717, 1.165) is 53.7 Å². The third kappa shape index (κ3) is 3.36. The number of rotatable bonds is 7. The molecule has 0 spiro atoms. The zero-order valence-corrected chi connectivity index (χ0v) is 17.8. The maximum Gasteiger partial charge on any atom is 0.202 e. The summed E-state index contributed by atoms with van der Waals surface area (Å²) in [6.07, 6.45) is 7.92. The van der Waals surface area contributed by atoms with Crippen molar-refractivity contribution in [2.45, 2.75) is 37.3 Å². The number of oxazole rings is 1. The number of aryl methyl sites for hydroxylation is 2. The van der Waals surface area contributed by atoms with E-state index in [0.29, 0.717) is 11.2 Å². The Balaban J connectivity index is 1.13. The smallest absolute Gasteiger partial charge is 0.202 e. The van der Waals surface area contributed by atoms with E-state index in [4.69, 9.17) is 4.42 Å². The van der Waals surface area contributed by atoms with Gasteiger partial charge < -0.3 is 13.9 Å². The first-order valence-electron chi connectivity index (χ1n) is 10.0. The third-order valence-corrected chi connectivity index (χ3v) is 7.31. The molecule has 0 radical (unpaired) electrons. The molecule has 2 fully saturated rings. The van der Waals surface area contributed by atoms with Crippen molar-refractivity contribution in [3.63, 3.8) is 0 Å². The van der Waals surface area contributed by atoms with E-state index in [1.54, 1.807) is 11.8 Å². The topological polar surface area (TPSA) is 85.8 Å². The molecule has 5 rings (SSSR count). The fourth-order valence-corrected chi connectivity index (χ4v) is 5.29. The van der Waals surface area contributed by atoms with Crippen LogP contribution in [0, 0.1) is 19.8 Å². The van der Waals surface area contributed by atoms with Gasteiger partial charge in [0, 0.05) is 43.7 Å². The molecule has 29 heavy (non-hydrogen) atoms. The van der Waals surface area contributed by atoms with Gasteiger partial charge in [0.1, 0.15) is 5.82 Å². The summed E-state index contributed by atoms with van der Waals surface area (Å²) in [6, 6.07) is 0. The Kier molecular flexibility index (Phi) is 4.66. The average Bonchev–Trinajstić information content (AvgIpc) is 3.02. The number of piperidine rings is 1. The van der Waals surface area contributed by atoms with E-state index in [1.807, 2.05) is 37.9 Å². The Morgan fingerprint density at radius 1 is 1.21 bits per heavy atom. The molecule has 152 valence electrons. The summed E-state index contributed by atoms with van der Waals surface area (Å²) >= 11 is 1.74. The van der Waals surface area contributed by atoms with Gasteiger partial charge in [0.25, 0.3) is 0 Å². The highest BCUT2D eigenvalue weighted by atomic mass is 32.2. The van der Waals surface area contributed by atoms with E-state index in [1.165, 1.54) is 24.9 Å². The van der Waals surface area contributed by atoms with Crippen molar-refractivity contribution in [3.05, 3.63) is 35.9 Å². The second-order valence-corrected chi connectivity index (χ2v) is 9.21. The lowest BCUT2D eigenvalue weighted by atomic mass is 9.98. The molecule has 2 unspecified atom stereocenters. The van der Waals surface area contributed by atoms with Crippen molar-refractivity contribution in [3.8, 4) is 11.6 Å². The van der Waals surface area contributed by atoms with Crippen LogP contribution in [0.25, 0.3) is 11.6 Å². The minimum absolute atomic E-state index is 0.314. The highest BCUT2D eigenvalue weighted by molar-refractivity contribution is 7.99. The van der Waals surface area contributed by atoms with Crippen LogP contribution in [-0.2, 0) is 12.5 Å². The molecule has 8 nitrogen and oxygen atoms in total. The Morgan fingerprint density at radius 2 is 2.03 bits per heavy atom. The van der Waals surface area contributed by atoms with E-state index in [-0.39, 0.29) is 0 Å². The predicted molar refractivity (Wildman–Crippen MR) is 110 cm³/mol. The van der Waals surface area contributed by atoms with Crippen LogP contribution in [0.4, 0.5) is 0 Å². The summed E-state index contributed by atoms with van der Waals surface area (Å²) < 4.78 is 7.43. The fraction of sp³-hybridized carbons (Fsp3) is 0.550. The maximum atomic E-state index is 5.44. The van der Waals surface area contributed by atoms with Gasteiger partial charge in [0.15, 0.2) is 17.3 Å². The van der Waals surface area contributed by atoms with Gasteiger partial charge in [-0.25, -0.2) is 15.0 Å². The number of likely N-dealkylation sites (tertiary alicyclic amines) is 1. The zero-order valence-electron chi connectivity index (χ0n) is 17.0. The van der Waals surface area contributed by atoms with Crippen LogP contribution in [0.3, 0.4) is 0 Å². The van der Waals surface area contributed by atoms with Crippen LogP contribution in [0.15, 0.2) is 28.4 Å². The lowest BCUT2D eigenvalue weighted by Gasteiger charge is -2.20. The van der Waals surface area contributed by atoms with E-state index in [2.05, 4.69) is 30.0 Å². The van der Waals surface area contributed by atoms with E-state index < -0.39 is 0 Å². The Morgan fingerprint density at radius 3 is 2.79 bits per heavy atom. The van der Waals surface area contributed by atoms with Gasteiger partial charge in [-0.2, -0.15) is 0 Å². The van der Waals surface area contributed by atoms with Crippen LogP contribution in [-0.4, -0.2) is 60.0 Å². The van der Waals surface area contributed by atoms with Gasteiger partial charge in [-0.15, -0.1) is 10.2 Å². The minimum atomic E-state index is 0.314. The maximum absolute atomic E-state index is 5.44. The lowest BCUT2D eigenvalue weighted by Crippen LogP contribution is -2.28. The highest BCUT2D eigenvalue weighted by Gasteiger charge is 2.60. The molecule has 1 saturated carbocycles. The van der Waals surface area contributed by atoms with E-state index >= 15 is 0 Å². The van der Waals surface area contributed by atoms with Gasteiger partial charge in [-0.1, -0.05) is 11.8 Å². The second kappa shape index (κ2) is 7.21. The molecule has 3 aromatic heterocycles. The normalized spacial score (nSPS) is 23.5. The number of nitrogens with zero attached hydrogens (tertiary/aromatic N) is 7. The third-order valence-electron chi connectivity index (χ3n) is 6.21. The Hall–Kier alpha value is -2.26. The quantitative estimate of drug-likeness (QED) is 0.433. The summed E-state index contributed by atoms with van der Waals surface area (Å²) in [5.74, 6) is 4.05. The molecule has 2 atom stereocenters. The molecule has 0 amide bonds. The molecule has 3 aromatic rings. The molecule has 1 aliphatic carbocycles. The van der Waals surface area contributed by atoms with Crippen molar-refractivity contribution < 1.29 is 4.42 Å². The van der Waals surface area contributed by atoms with Gasteiger partial charge in [0.2, 0.25) is 5.82 Å². The van der Waals surface area contributed by atoms with Crippen molar-refractivity contribution in [2.75, 3.05) is 25.4 Å². The predicted octanol–water partition coefficient (Wildman–Crippen LogP) is 2.63. The molecule has 2 aliphatic rings. The molecule has 1 aliphatic heterocycles. The number of hydrogen-bond acceptors (Lipinski definition) is 8. The van der Waals surface area contributed by atoms with Gasteiger partial charge >= 0.3 is 0 Å². The summed E-state index contributed by atoms with van der Waals surface area (Å²) in [7, 11) is 1.97. The summed E-state index contributed by atoms with van der Waals surface area (Å²) in [6.45, 7) is 7.29. The Labute approximate surface area is 174 Å². The van der Waals surface area contributed by atoms with Crippen molar-refractivity contribution in [2.24, 2.45) is 13.0 Å². The molecule has 1 saturated heterocycles. The number of hydrogen-bond donors (Lipinski definition) is 0. The van der Waals surface area contributed by atoms with Crippen LogP contribution >= 0.6 is 11.8 Å². The molecule has 9 heteroatoms. The van der Waals surface area contributed by atoms with Gasteiger partial charge in [-0.3, -0.25) is 0 Å². The van der Waals surface area contributed by atoms with E-state index in [9.17, 15) is 0 Å². The lowest BCUT2D eigenvalue weighted by molar-refractivity contribution is 0.299. The monoisotopic (exact) mass is 411 g/mol. The zero-order chi connectivity index (χ0) is 20.0. The van der Waals surface area contributed by atoms with Crippen molar-refractivity contribution in [1.82, 2.24) is 34.6 Å². The second-order valence-electron chi connectivity index (χ2n) is 8.15. The number of aromatic nitrogens is 6. The van der Waals surface area contributed by atoms with Crippen molar-refractivity contribution >= 4 is 11.8 Å². The molecule has 4 heterocycles. The first kappa shape index (κ1) is 18.7. The van der Waals surface area contributed by atoms with Crippen LogP contribution < -0.4 is 0 Å². The molecule has 0 N–H and O–H groups in total. The summed E-state index contributed by atoms with van der Waals surface area (Å²) in [5.41, 5.74) is 2.46. The largest absolute Gasteiger partial charge is 0.440 e. The van der Waals surface area contributed by atoms with Crippen LogP contribution in [0.1, 0.15) is 29.9 Å². The fourth-order valence-electron chi connectivity index (χ4n) is 4.46. The number of thioether (sulfide) groups is 1. The summed E-state index contributed by atoms with van der Waals surface area (Å²) in [4.78, 5) is 15.5. The van der Waals surface area contributed by atoms with Crippen molar-refractivity contribution in [1.29, 1.82) is 0 Å². The van der Waals surface area contributed by atoms with Crippen LogP contribution in [0.5, 0.6) is 0 Å². The first-order valence-corrected chi connectivity index (χ1v) is 11.0. The SMILES string of the molecule is Cc1ncc(C23CC2CN(CCCSc2nnc(-c4ocnc4C)n2C)C3)cn1.